The number of fused-ring (bicyclic) bond motifs is 1. The van der Waals surface area contributed by atoms with Crippen molar-refractivity contribution in [2.45, 2.75) is 85.3 Å². The summed E-state index contributed by atoms with van der Waals surface area (Å²) in [6.45, 7) is 3.56. The Morgan fingerprint density at radius 1 is 1.37 bits per heavy atom. The highest BCUT2D eigenvalue weighted by Crippen LogP contribution is 2.68. The summed E-state index contributed by atoms with van der Waals surface area (Å²) in [6.07, 6.45) is 5.96. The molecule has 7 atom stereocenters. The number of likely N-dealkylation sites (tertiary alicyclic amines) is 1. The van der Waals surface area contributed by atoms with Crippen molar-refractivity contribution in [3.05, 3.63) is 0 Å². The largest absolute Gasteiger partial charge is 0.466 e. The lowest BCUT2D eigenvalue weighted by molar-refractivity contribution is -0.154. The van der Waals surface area contributed by atoms with Crippen LogP contribution in [0.15, 0.2) is 0 Å². The van der Waals surface area contributed by atoms with E-state index in [2.05, 4.69) is 21.2 Å². The third kappa shape index (κ3) is 3.39. The van der Waals surface area contributed by atoms with Crippen molar-refractivity contribution in [3.8, 4) is 0 Å². The summed E-state index contributed by atoms with van der Waals surface area (Å²) in [7, 11) is 0. The van der Waals surface area contributed by atoms with Gasteiger partial charge in [-0.15, -0.1) is 11.8 Å². The zero-order valence-corrected chi connectivity index (χ0v) is 19.9. The fourth-order valence-corrected chi connectivity index (χ4v) is 9.55. The molecule has 0 aromatic rings. The van der Waals surface area contributed by atoms with Crippen molar-refractivity contribution in [2.75, 3.05) is 13.2 Å². The second-order valence-electron chi connectivity index (χ2n) is 9.04. The van der Waals surface area contributed by atoms with Crippen LogP contribution in [0.5, 0.6) is 0 Å². The van der Waals surface area contributed by atoms with Crippen molar-refractivity contribution >= 4 is 45.5 Å². The fourth-order valence-electron chi connectivity index (χ4n) is 5.96. The van der Waals surface area contributed by atoms with Gasteiger partial charge in [-0.05, 0) is 33.1 Å². The summed E-state index contributed by atoms with van der Waals surface area (Å²) in [6, 6.07) is -1.04. The number of carbonyl (C=O) groups is 3. The van der Waals surface area contributed by atoms with Crippen LogP contribution in [0.1, 0.15) is 52.4 Å². The summed E-state index contributed by atoms with van der Waals surface area (Å²) in [4.78, 5) is 41.6. The van der Waals surface area contributed by atoms with E-state index in [1.165, 1.54) is 6.42 Å². The molecule has 30 heavy (non-hydrogen) atoms. The molecule has 2 amide bonds. The monoisotopic (exact) mass is 502 g/mol. The molecule has 2 bridgehead atoms. The van der Waals surface area contributed by atoms with Gasteiger partial charge >= 0.3 is 5.97 Å². The van der Waals surface area contributed by atoms with Crippen LogP contribution in [0.25, 0.3) is 0 Å². The maximum Gasteiger partial charge on any atom is 0.310 e. The number of amides is 2. The van der Waals surface area contributed by atoms with Crippen LogP contribution in [0.4, 0.5) is 0 Å². The Bertz CT molecular complexity index is 718. The number of ether oxygens (including phenoxy) is 1. The molecule has 4 rings (SSSR count). The lowest BCUT2D eigenvalue weighted by Gasteiger charge is -2.37. The minimum absolute atomic E-state index is 0.0373. The van der Waals surface area contributed by atoms with E-state index < -0.39 is 28.7 Å². The van der Waals surface area contributed by atoms with E-state index in [1.807, 2.05) is 0 Å². The minimum atomic E-state index is -0.687. The SMILES string of the molecule is CCOC(=O)[C@H]1[C@@H]2SC3(CC2Br)C(C(=O)NC2CCCCC2)N([C@H](C)CO)C(=O)[C@H]13. The first-order valence-electron chi connectivity index (χ1n) is 11.1. The summed E-state index contributed by atoms with van der Waals surface area (Å²) >= 11 is 5.32. The molecule has 3 heterocycles. The summed E-state index contributed by atoms with van der Waals surface area (Å²) < 4.78 is 4.65. The van der Waals surface area contributed by atoms with E-state index in [9.17, 15) is 19.5 Å². The number of hydrogen-bond acceptors (Lipinski definition) is 6. The second kappa shape index (κ2) is 8.62. The van der Waals surface area contributed by atoms with Gasteiger partial charge in [0, 0.05) is 16.1 Å². The van der Waals surface area contributed by atoms with Crippen LogP contribution in [0.3, 0.4) is 0 Å². The van der Waals surface area contributed by atoms with Crippen LogP contribution < -0.4 is 5.32 Å². The zero-order chi connectivity index (χ0) is 21.6. The van der Waals surface area contributed by atoms with Gasteiger partial charge in [0.2, 0.25) is 11.8 Å². The molecule has 2 N–H and O–H groups in total. The highest BCUT2D eigenvalue weighted by atomic mass is 79.9. The Hall–Kier alpha value is -0.800. The molecule has 168 valence electrons. The number of alkyl halides is 1. The number of esters is 1. The Labute approximate surface area is 190 Å². The van der Waals surface area contributed by atoms with Crippen LogP contribution >= 0.6 is 27.7 Å². The first-order chi connectivity index (χ1) is 14.4. The van der Waals surface area contributed by atoms with E-state index >= 15 is 0 Å². The number of rotatable bonds is 6. The van der Waals surface area contributed by atoms with Crippen molar-refractivity contribution in [1.82, 2.24) is 10.2 Å². The summed E-state index contributed by atoms with van der Waals surface area (Å²) in [5.74, 6) is -1.86. The molecule has 4 fully saturated rings. The van der Waals surface area contributed by atoms with Gasteiger partial charge in [0.25, 0.3) is 0 Å². The molecule has 4 aliphatic rings. The summed E-state index contributed by atoms with van der Waals surface area (Å²) in [5.41, 5.74) is 0. The third-order valence-electron chi connectivity index (χ3n) is 7.22. The number of halogens is 1. The van der Waals surface area contributed by atoms with Crippen LogP contribution in [-0.2, 0) is 19.1 Å². The van der Waals surface area contributed by atoms with E-state index in [0.29, 0.717) is 6.42 Å². The molecule has 7 nitrogen and oxygen atoms in total. The number of nitrogens with zero attached hydrogens (tertiary/aromatic N) is 1. The van der Waals surface area contributed by atoms with Gasteiger partial charge in [0.1, 0.15) is 6.04 Å². The lowest BCUT2D eigenvalue weighted by Crippen LogP contribution is -2.58. The molecule has 0 radical (unpaired) electrons. The van der Waals surface area contributed by atoms with Crippen LogP contribution in [-0.4, -0.2) is 74.0 Å². The Morgan fingerprint density at radius 2 is 2.07 bits per heavy atom. The van der Waals surface area contributed by atoms with Gasteiger partial charge in [-0.1, -0.05) is 35.2 Å². The van der Waals surface area contributed by atoms with Gasteiger partial charge in [-0.3, -0.25) is 14.4 Å². The number of nitrogens with one attached hydrogen (secondary N) is 1. The number of hydrogen-bond donors (Lipinski definition) is 2. The van der Waals surface area contributed by atoms with Crippen LogP contribution in [0.2, 0.25) is 0 Å². The topological polar surface area (TPSA) is 95.9 Å². The Kier molecular flexibility index (Phi) is 6.43. The summed E-state index contributed by atoms with van der Waals surface area (Å²) in [5, 5.41) is 13.0. The van der Waals surface area contributed by atoms with Crippen molar-refractivity contribution in [1.29, 1.82) is 0 Å². The van der Waals surface area contributed by atoms with E-state index in [-0.39, 0.29) is 47.1 Å². The predicted octanol–water partition coefficient (Wildman–Crippen LogP) is 1.84. The Morgan fingerprint density at radius 3 is 2.70 bits per heavy atom. The number of carbonyl (C=O) groups excluding carboxylic acids is 3. The molecular formula is C21H31BrN2O5S. The fraction of sp³-hybridized carbons (Fsp3) is 0.857. The zero-order valence-electron chi connectivity index (χ0n) is 17.5. The maximum absolute atomic E-state index is 13.6. The normalized spacial score (nSPS) is 39.1. The standard InChI is InChI=1S/C21H31BrN2O5S/c1-3-29-20(28)14-15-19(27)24(11(2)10-25)17(21(15)9-13(22)16(14)30-21)18(26)23-12-7-5-4-6-8-12/h11-17,25H,3-10H2,1-2H3,(H,23,26)/t11-,13?,14-,15+,16-,17?,21?/m1/s1. The Balaban J connectivity index is 1.69. The smallest absolute Gasteiger partial charge is 0.310 e. The molecule has 3 saturated heterocycles. The number of aliphatic hydroxyl groups excluding tert-OH is 1. The van der Waals surface area contributed by atoms with Gasteiger partial charge < -0.3 is 20.1 Å². The first kappa shape index (κ1) is 22.4. The van der Waals surface area contributed by atoms with E-state index in [0.717, 1.165) is 25.7 Å². The van der Waals surface area contributed by atoms with Gasteiger partial charge in [-0.25, -0.2) is 0 Å². The van der Waals surface area contributed by atoms with Crippen molar-refractivity contribution < 1.29 is 24.2 Å². The first-order valence-corrected chi connectivity index (χ1v) is 12.9. The molecule has 0 aromatic heterocycles. The molecule has 1 spiro atoms. The molecular weight excluding hydrogens is 472 g/mol. The molecule has 1 saturated carbocycles. The average molecular weight is 503 g/mol. The average Bonchev–Trinajstić information content (AvgIpc) is 3.31. The molecule has 3 aliphatic heterocycles. The molecule has 0 aromatic carbocycles. The highest BCUT2D eigenvalue weighted by Gasteiger charge is 2.76. The van der Waals surface area contributed by atoms with Gasteiger partial charge in [-0.2, -0.15) is 0 Å². The van der Waals surface area contributed by atoms with E-state index in [1.54, 1.807) is 30.5 Å². The lowest BCUT2D eigenvalue weighted by atomic mass is 9.71. The minimum Gasteiger partial charge on any atom is -0.466 e. The predicted molar refractivity (Wildman–Crippen MR) is 117 cm³/mol. The van der Waals surface area contributed by atoms with Crippen LogP contribution in [0, 0.1) is 11.8 Å². The third-order valence-corrected chi connectivity index (χ3v) is 10.4. The number of aliphatic hydroxyl groups is 1. The van der Waals surface area contributed by atoms with Crippen molar-refractivity contribution in [2.24, 2.45) is 11.8 Å². The quantitative estimate of drug-likeness (QED) is 0.425. The second-order valence-corrected chi connectivity index (χ2v) is 11.8. The van der Waals surface area contributed by atoms with Gasteiger partial charge in [0.15, 0.2) is 0 Å². The molecule has 3 unspecified atom stereocenters. The molecule has 9 heteroatoms. The maximum atomic E-state index is 13.6. The molecule has 1 aliphatic carbocycles. The van der Waals surface area contributed by atoms with Crippen molar-refractivity contribution in [3.63, 3.8) is 0 Å². The van der Waals surface area contributed by atoms with Gasteiger partial charge in [0.05, 0.1) is 35.8 Å². The highest BCUT2D eigenvalue weighted by molar-refractivity contribution is 9.09. The van der Waals surface area contributed by atoms with E-state index in [4.69, 9.17) is 4.74 Å². The number of thioether (sulfide) groups is 1.